The number of carbonyl (C=O) groups excluding carboxylic acids is 2. The average molecular weight is 648 g/mol. The van der Waals surface area contributed by atoms with Gasteiger partial charge in [0.15, 0.2) is 0 Å². The molecule has 0 spiro atoms. The molecule has 0 saturated heterocycles. The zero-order valence-corrected chi connectivity index (χ0v) is 27.2. The van der Waals surface area contributed by atoms with Gasteiger partial charge in [-0.25, -0.2) is 8.42 Å². The number of amides is 2. The van der Waals surface area contributed by atoms with Gasteiger partial charge in [0.05, 0.1) is 11.9 Å². The molecule has 0 bridgehead atoms. The summed E-state index contributed by atoms with van der Waals surface area (Å²) in [6, 6.07) is 31.5. The van der Waals surface area contributed by atoms with Gasteiger partial charge in [0, 0.05) is 24.0 Å². The Morgan fingerprint density at radius 3 is 1.93 bits per heavy atom. The summed E-state index contributed by atoms with van der Waals surface area (Å²) in [6.45, 7) is 3.62. The molecule has 1 atom stereocenters. The zero-order chi connectivity index (χ0) is 32.4. The van der Waals surface area contributed by atoms with Gasteiger partial charge in [-0.15, -0.1) is 0 Å². The highest BCUT2D eigenvalue weighted by Gasteiger charge is 2.33. The van der Waals surface area contributed by atoms with E-state index in [-0.39, 0.29) is 24.9 Å². The van der Waals surface area contributed by atoms with Crippen LogP contribution in [0.4, 0.5) is 5.69 Å². The van der Waals surface area contributed by atoms with Crippen LogP contribution in [-0.4, -0.2) is 50.0 Å². The van der Waals surface area contributed by atoms with Crippen molar-refractivity contribution in [3.8, 4) is 5.75 Å². The Hall–Kier alpha value is -4.34. The number of hydrogen-bond donors (Lipinski definition) is 1. The van der Waals surface area contributed by atoms with Crippen LogP contribution in [0.15, 0.2) is 109 Å². The molecule has 45 heavy (non-hydrogen) atoms. The van der Waals surface area contributed by atoms with Gasteiger partial charge in [-0.05, 0) is 66.9 Å². The molecule has 0 aliphatic rings. The first-order chi connectivity index (χ1) is 21.5. The maximum Gasteiger partial charge on any atom is 0.244 e. The zero-order valence-electron chi connectivity index (χ0n) is 25.6. The molecule has 0 aliphatic carbocycles. The molecule has 8 nitrogen and oxygen atoms in total. The lowest BCUT2D eigenvalue weighted by atomic mass is 10.0. The van der Waals surface area contributed by atoms with E-state index in [2.05, 4.69) is 5.32 Å². The van der Waals surface area contributed by atoms with Crippen LogP contribution in [0, 0.1) is 0 Å². The second-order valence-corrected chi connectivity index (χ2v) is 13.4. The van der Waals surface area contributed by atoms with Crippen LogP contribution in [0.1, 0.15) is 30.5 Å². The van der Waals surface area contributed by atoms with E-state index in [0.29, 0.717) is 23.1 Å². The van der Waals surface area contributed by atoms with Gasteiger partial charge in [0.25, 0.3) is 0 Å². The monoisotopic (exact) mass is 647 g/mol. The normalized spacial score (nSPS) is 11.9. The Kier molecular flexibility index (Phi) is 11.6. The molecule has 4 aromatic rings. The summed E-state index contributed by atoms with van der Waals surface area (Å²) < 4.78 is 33.0. The molecule has 236 valence electrons. The molecule has 0 aromatic heterocycles. The molecule has 2 amide bonds. The largest absolute Gasteiger partial charge is 0.489 e. The van der Waals surface area contributed by atoms with Crippen molar-refractivity contribution in [2.75, 3.05) is 17.1 Å². The minimum Gasteiger partial charge on any atom is -0.489 e. The van der Waals surface area contributed by atoms with E-state index < -0.39 is 28.5 Å². The molecule has 0 heterocycles. The fourth-order valence-electron chi connectivity index (χ4n) is 4.78. The van der Waals surface area contributed by atoms with Crippen LogP contribution in [0.2, 0.25) is 5.02 Å². The number of ether oxygens (including phenoxy) is 1. The van der Waals surface area contributed by atoms with Crippen LogP contribution in [-0.2, 0) is 39.2 Å². The molecule has 0 saturated carbocycles. The van der Waals surface area contributed by atoms with Gasteiger partial charge >= 0.3 is 0 Å². The van der Waals surface area contributed by atoms with E-state index >= 15 is 0 Å². The van der Waals surface area contributed by atoms with Gasteiger partial charge in [-0.3, -0.25) is 13.9 Å². The van der Waals surface area contributed by atoms with Gasteiger partial charge in [-0.1, -0.05) is 84.4 Å². The summed E-state index contributed by atoms with van der Waals surface area (Å²) in [5.74, 6) is -0.304. The van der Waals surface area contributed by atoms with E-state index in [4.69, 9.17) is 16.3 Å². The second kappa shape index (κ2) is 15.6. The Morgan fingerprint density at radius 2 is 1.38 bits per heavy atom. The summed E-state index contributed by atoms with van der Waals surface area (Å²) in [6.07, 6.45) is 1.29. The predicted octanol–water partition coefficient (Wildman–Crippen LogP) is 5.85. The predicted molar refractivity (Wildman–Crippen MR) is 179 cm³/mol. The molecule has 4 aromatic carbocycles. The van der Waals surface area contributed by atoms with Crippen LogP contribution in [0.25, 0.3) is 0 Å². The van der Waals surface area contributed by atoms with Crippen molar-refractivity contribution in [3.63, 3.8) is 0 Å². The highest BCUT2D eigenvalue weighted by molar-refractivity contribution is 7.92. The number of rotatable bonds is 14. The fourth-order valence-corrected chi connectivity index (χ4v) is 5.76. The number of benzene rings is 4. The number of halogens is 1. The maximum atomic E-state index is 14.2. The Labute approximate surface area is 270 Å². The van der Waals surface area contributed by atoms with Crippen molar-refractivity contribution in [3.05, 3.63) is 131 Å². The first-order valence-corrected chi connectivity index (χ1v) is 16.8. The minimum absolute atomic E-state index is 0.0723. The smallest absolute Gasteiger partial charge is 0.244 e. The van der Waals surface area contributed by atoms with Crippen LogP contribution >= 0.6 is 11.6 Å². The number of nitrogens with zero attached hydrogens (tertiary/aromatic N) is 2. The van der Waals surface area contributed by atoms with E-state index in [0.717, 1.165) is 27.3 Å². The molecule has 0 aliphatic heterocycles. The molecule has 4 rings (SSSR count). The lowest BCUT2D eigenvalue weighted by Crippen LogP contribution is -2.54. The standard InChI is InChI=1S/C35H38ClN3O5S/c1-26(2)37-35(41)33(22-27-10-6-4-7-11-27)38(23-28-14-16-30(36)17-15-28)34(40)24-39(45(3,42)43)31-18-20-32(21-19-31)44-25-29-12-8-5-9-13-29/h4-21,26,33H,22-25H2,1-3H3,(H,37,41). The fraction of sp³-hybridized carbons (Fsp3) is 0.257. The van der Waals surface area contributed by atoms with E-state index in [9.17, 15) is 18.0 Å². The van der Waals surface area contributed by atoms with Crippen molar-refractivity contribution >= 4 is 39.1 Å². The van der Waals surface area contributed by atoms with Gasteiger partial charge in [0.1, 0.15) is 24.9 Å². The number of nitrogens with one attached hydrogen (secondary N) is 1. The topological polar surface area (TPSA) is 96.0 Å². The summed E-state index contributed by atoms with van der Waals surface area (Å²) in [5.41, 5.74) is 2.91. The van der Waals surface area contributed by atoms with Crippen molar-refractivity contribution < 1.29 is 22.7 Å². The Morgan fingerprint density at radius 1 is 0.800 bits per heavy atom. The van der Waals surface area contributed by atoms with E-state index in [1.807, 2.05) is 74.5 Å². The molecular formula is C35H38ClN3O5S. The number of carbonyl (C=O) groups is 2. The van der Waals surface area contributed by atoms with Gasteiger partial charge in [-0.2, -0.15) is 0 Å². The third-order valence-corrected chi connectivity index (χ3v) is 8.41. The molecule has 0 fully saturated rings. The summed E-state index contributed by atoms with van der Waals surface area (Å²) in [5, 5.41) is 3.48. The Balaban J connectivity index is 1.63. The highest BCUT2D eigenvalue weighted by atomic mass is 35.5. The summed E-state index contributed by atoms with van der Waals surface area (Å²) >= 11 is 6.11. The van der Waals surface area contributed by atoms with Crippen LogP contribution < -0.4 is 14.4 Å². The average Bonchev–Trinajstić information content (AvgIpc) is 3.02. The van der Waals surface area contributed by atoms with Gasteiger partial charge < -0.3 is 15.0 Å². The van der Waals surface area contributed by atoms with Crippen molar-refractivity contribution in [2.24, 2.45) is 0 Å². The second-order valence-electron chi connectivity index (χ2n) is 11.1. The van der Waals surface area contributed by atoms with Crippen molar-refractivity contribution in [1.29, 1.82) is 0 Å². The van der Waals surface area contributed by atoms with Crippen LogP contribution in [0.5, 0.6) is 5.75 Å². The lowest BCUT2D eigenvalue weighted by molar-refractivity contribution is -0.140. The number of anilines is 1. The van der Waals surface area contributed by atoms with E-state index in [1.54, 1.807) is 48.5 Å². The lowest BCUT2D eigenvalue weighted by Gasteiger charge is -2.34. The maximum absolute atomic E-state index is 14.2. The summed E-state index contributed by atoms with van der Waals surface area (Å²) in [7, 11) is -3.89. The molecule has 1 unspecified atom stereocenters. The SMILES string of the molecule is CC(C)NC(=O)C(Cc1ccccc1)N(Cc1ccc(Cl)cc1)C(=O)CN(c1ccc(OCc2ccccc2)cc1)S(C)(=O)=O. The van der Waals surface area contributed by atoms with Crippen LogP contribution in [0.3, 0.4) is 0 Å². The van der Waals surface area contributed by atoms with Crippen molar-refractivity contribution in [1.82, 2.24) is 10.2 Å². The molecule has 10 heteroatoms. The minimum atomic E-state index is -3.89. The van der Waals surface area contributed by atoms with E-state index in [1.165, 1.54) is 4.90 Å². The highest BCUT2D eigenvalue weighted by Crippen LogP contribution is 2.24. The Bertz CT molecular complexity index is 1650. The first-order valence-electron chi connectivity index (χ1n) is 14.6. The molecule has 1 N–H and O–H groups in total. The van der Waals surface area contributed by atoms with Gasteiger partial charge in [0.2, 0.25) is 21.8 Å². The number of hydrogen-bond acceptors (Lipinski definition) is 5. The number of sulfonamides is 1. The third-order valence-electron chi connectivity index (χ3n) is 7.02. The third kappa shape index (κ3) is 10.1. The van der Waals surface area contributed by atoms with Crippen molar-refractivity contribution in [2.45, 2.75) is 45.5 Å². The summed E-state index contributed by atoms with van der Waals surface area (Å²) in [4.78, 5) is 29.3. The molecular weight excluding hydrogens is 610 g/mol. The molecule has 0 radical (unpaired) electrons. The quantitative estimate of drug-likeness (QED) is 0.185. The first kappa shape index (κ1) is 33.6.